The number of carbonyl (C=O) groups is 1. The number of carbonyl (C=O) groups excluding carboxylic acids is 1. The third-order valence-electron chi connectivity index (χ3n) is 4.18. The molecule has 0 saturated carbocycles. The Kier molecular flexibility index (Phi) is 4.68. The van der Waals surface area contributed by atoms with Gasteiger partial charge in [0.2, 0.25) is 6.79 Å². The third-order valence-corrected chi connectivity index (χ3v) is 4.73. The fraction of sp³-hybridized carbons (Fsp3) is 0.158. The molecule has 1 atom stereocenters. The summed E-state index contributed by atoms with van der Waals surface area (Å²) < 4.78 is 15.9. The zero-order valence-electron chi connectivity index (χ0n) is 14.2. The molecule has 2 heterocycles. The van der Waals surface area contributed by atoms with Gasteiger partial charge in [0, 0.05) is 16.7 Å². The van der Waals surface area contributed by atoms with Crippen molar-refractivity contribution in [3.8, 4) is 22.8 Å². The van der Waals surface area contributed by atoms with E-state index in [4.69, 9.17) is 37.2 Å². The summed E-state index contributed by atoms with van der Waals surface area (Å²) in [5.74, 6) is 1.38. The largest absolute Gasteiger partial charge is 0.454 e. The van der Waals surface area contributed by atoms with E-state index in [1.54, 1.807) is 18.2 Å². The number of benzene rings is 2. The Morgan fingerprint density at radius 1 is 1.11 bits per heavy atom. The summed E-state index contributed by atoms with van der Waals surface area (Å²) >= 11 is 12.1. The maximum Gasteiger partial charge on any atom is 0.273 e. The fourth-order valence-electron chi connectivity index (χ4n) is 2.73. The molecule has 27 heavy (non-hydrogen) atoms. The molecule has 0 spiro atoms. The summed E-state index contributed by atoms with van der Waals surface area (Å²) in [6, 6.07) is 11.8. The second-order valence-electron chi connectivity index (χ2n) is 6.01. The Bertz CT molecular complexity index is 1020. The van der Waals surface area contributed by atoms with Crippen molar-refractivity contribution in [2.45, 2.75) is 13.0 Å². The average Bonchev–Trinajstić information content (AvgIpc) is 3.30. The number of nitrogens with zero attached hydrogens (tertiary/aromatic N) is 1. The van der Waals surface area contributed by atoms with Crippen molar-refractivity contribution >= 4 is 29.1 Å². The minimum Gasteiger partial charge on any atom is -0.454 e. The van der Waals surface area contributed by atoms with Crippen LogP contribution in [-0.4, -0.2) is 17.9 Å². The fourth-order valence-corrected chi connectivity index (χ4v) is 3.24. The van der Waals surface area contributed by atoms with Crippen LogP contribution in [0.1, 0.15) is 29.0 Å². The van der Waals surface area contributed by atoms with Crippen LogP contribution in [-0.2, 0) is 0 Å². The van der Waals surface area contributed by atoms with Crippen LogP contribution in [0.3, 0.4) is 0 Å². The molecule has 1 unspecified atom stereocenters. The molecule has 1 amide bonds. The van der Waals surface area contributed by atoms with Gasteiger partial charge in [-0.05, 0) is 42.8 Å². The molecule has 138 valence electrons. The Hall–Kier alpha value is -2.70. The van der Waals surface area contributed by atoms with E-state index < -0.39 is 0 Å². The van der Waals surface area contributed by atoms with E-state index >= 15 is 0 Å². The molecular formula is C19H14Cl2N2O4. The summed E-state index contributed by atoms with van der Waals surface area (Å²) in [7, 11) is 0. The number of ether oxygens (including phenoxy) is 2. The molecule has 0 radical (unpaired) electrons. The molecule has 1 aromatic heterocycles. The highest BCUT2D eigenvalue weighted by molar-refractivity contribution is 6.36. The van der Waals surface area contributed by atoms with Crippen LogP contribution in [0.4, 0.5) is 0 Å². The van der Waals surface area contributed by atoms with Crippen LogP contribution >= 0.6 is 23.2 Å². The summed E-state index contributed by atoms with van der Waals surface area (Å²) in [6.07, 6.45) is 0. The molecule has 6 nitrogen and oxygen atoms in total. The molecule has 0 fully saturated rings. The van der Waals surface area contributed by atoms with Gasteiger partial charge in [-0.3, -0.25) is 4.79 Å². The van der Waals surface area contributed by atoms with Gasteiger partial charge >= 0.3 is 0 Å². The van der Waals surface area contributed by atoms with E-state index in [0.29, 0.717) is 32.9 Å². The molecule has 1 aliphatic rings. The van der Waals surface area contributed by atoms with E-state index in [0.717, 1.165) is 5.56 Å². The van der Waals surface area contributed by atoms with E-state index in [1.165, 1.54) is 6.07 Å². The molecular weight excluding hydrogens is 391 g/mol. The second kappa shape index (κ2) is 7.13. The molecule has 0 bridgehead atoms. The first-order valence-electron chi connectivity index (χ1n) is 8.14. The molecule has 0 aliphatic carbocycles. The van der Waals surface area contributed by atoms with Crippen molar-refractivity contribution in [1.29, 1.82) is 0 Å². The number of hydrogen-bond donors (Lipinski definition) is 1. The van der Waals surface area contributed by atoms with E-state index in [1.807, 2.05) is 25.1 Å². The summed E-state index contributed by atoms with van der Waals surface area (Å²) in [5, 5.41) is 7.65. The van der Waals surface area contributed by atoms with Gasteiger partial charge in [0.1, 0.15) is 0 Å². The van der Waals surface area contributed by atoms with Crippen LogP contribution in [0, 0.1) is 0 Å². The van der Waals surface area contributed by atoms with Gasteiger partial charge in [0.05, 0.1) is 11.1 Å². The van der Waals surface area contributed by atoms with Crippen molar-refractivity contribution in [3.63, 3.8) is 0 Å². The monoisotopic (exact) mass is 404 g/mol. The summed E-state index contributed by atoms with van der Waals surface area (Å²) in [4.78, 5) is 12.5. The van der Waals surface area contributed by atoms with Gasteiger partial charge in [-0.2, -0.15) is 0 Å². The first-order valence-corrected chi connectivity index (χ1v) is 8.89. The number of rotatable bonds is 4. The van der Waals surface area contributed by atoms with Crippen LogP contribution in [0.25, 0.3) is 11.3 Å². The first kappa shape index (κ1) is 17.7. The summed E-state index contributed by atoms with van der Waals surface area (Å²) in [6.45, 7) is 2.07. The van der Waals surface area contributed by atoms with Gasteiger partial charge in [0.15, 0.2) is 23.0 Å². The molecule has 1 aliphatic heterocycles. The maximum atomic E-state index is 12.5. The van der Waals surface area contributed by atoms with Gasteiger partial charge in [-0.25, -0.2) is 0 Å². The molecule has 3 aromatic rings. The minimum absolute atomic E-state index is 0.156. The SMILES string of the molecule is CC(NC(=O)c1cc(-c2ccc(Cl)cc2Cl)on1)c1ccc2c(c1)OCO2. The highest BCUT2D eigenvalue weighted by Gasteiger charge is 2.20. The molecule has 2 aromatic carbocycles. The highest BCUT2D eigenvalue weighted by Crippen LogP contribution is 2.34. The van der Waals surface area contributed by atoms with Crippen LogP contribution in [0.5, 0.6) is 11.5 Å². The van der Waals surface area contributed by atoms with E-state index in [2.05, 4.69) is 10.5 Å². The van der Waals surface area contributed by atoms with Crippen molar-refractivity contribution in [3.05, 3.63) is 63.8 Å². The van der Waals surface area contributed by atoms with Gasteiger partial charge in [-0.1, -0.05) is 34.4 Å². The Morgan fingerprint density at radius 3 is 2.74 bits per heavy atom. The van der Waals surface area contributed by atoms with Crippen LogP contribution in [0.15, 0.2) is 47.0 Å². The Balaban J connectivity index is 1.49. The predicted molar refractivity (Wildman–Crippen MR) is 100 cm³/mol. The van der Waals surface area contributed by atoms with Gasteiger partial charge in [-0.15, -0.1) is 0 Å². The smallest absolute Gasteiger partial charge is 0.273 e. The zero-order chi connectivity index (χ0) is 19.0. The average molecular weight is 405 g/mol. The third kappa shape index (κ3) is 3.59. The second-order valence-corrected chi connectivity index (χ2v) is 6.85. The Labute approximate surface area is 165 Å². The van der Waals surface area contributed by atoms with Crippen molar-refractivity contribution in [1.82, 2.24) is 10.5 Å². The van der Waals surface area contributed by atoms with E-state index in [9.17, 15) is 4.79 Å². The lowest BCUT2D eigenvalue weighted by atomic mass is 10.1. The van der Waals surface area contributed by atoms with Crippen LogP contribution in [0.2, 0.25) is 10.0 Å². The van der Waals surface area contributed by atoms with Crippen molar-refractivity contribution < 1.29 is 18.8 Å². The number of halogens is 2. The van der Waals surface area contributed by atoms with Crippen LogP contribution < -0.4 is 14.8 Å². The first-order chi connectivity index (χ1) is 13.0. The molecule has 8 heteroatoms. The normalized spacial score (nSPS) is 13.4. The quantitative estimate of drug-likeness (QED) is 0.671. The van der Waals surface area contributed by atoms with Crippen molar-refractivity contribution in [2.75, 3.05) is 6.79 Å². The van der Waals surface area contributed by atoms with Crippen molar-refractivity contribution in [2.24, 2.45) is 0 Å². The Morgan fingerprint density at radius 2 is 1.93 bits per heavy atom. The number of nitrogens with one attached hydrogen (secondary N) is 1. The molecule has 4 rings (SSSR count). The number of amides is 1. The molecule has 0 saturated heterocycles. The lowest BCUT2D eigenvalue weighted by molar-refractivity contribution is 0.0930. The maximum absolute atomic E-state index is 12.5. The van der Waals surface area contributed by atoms with E-state index in [-0.39, 0.29) is 24.4 Å². The summed E-state index contributed by atoms with van der Waals surface area (Å²) in [5.41, 5.74) is 1.65. The topological polar surface area (TPSA) is 73.6 Å². The standard InChI is InChI=1S/C19H14Cl2N2O4/c1-10(11-2-5-16-18(6-11)26-9-25-16)22-19(24)15-8-17(27-23-15)13-4-3-12(20)7-14(13)21/h2-8,10H,9H2,1H3,(H,22,24). The molecule has 1 N–H and O–H groups in total. The van der Waals surface area contributed by atoms with Gasteiger partial charge < -0.3 is 19.3 Å². The predicted octanol–water partition coefficient (Wildman–Crippen LogP) is 4.87. The number of hydrogen-bond acceptors (Lipinski definition) is 5. The van der Waals surface area contributed by atoms with Gasteiger partial charge in [0.25, 0.3) is 5.91 Å². The zero-order valence-corrected chi connectivity index (χ0v) is 15.7. The lowest BCUT2D eigenvalue weighted by Crippen LogP contribution is -2.26. The number of fused-ring (bicyclic) bond motifs is 1. The number of aromatic nitrogens is 1. The lowest BCUT2D eigenvalue weighted by Gasteiger charge is -2.13. The highest BCUT2D eigenvalue weighted by atomic mass is 35.5. The minimum atomic E-state index is -0.361.